The van der Waals surface area contributed by atoms with Crippen LogP contribution in [0.1, 0.15) is 15.9 Å². The molecule has 0 spiro atoms. The van der Waals surface area contributed by atoms with Crippen LogP contribution in [-0.2, 0) is 13.6 Å². The fourth-order valence-corrected chi connectivity index (χ4v) is 1.72. The number of benzene rings is 1. The number of carbonyl (C=O) groups is 1. The van der Waals surface area contributed by atoms with Crippen molar-refractivity contribution < 1.29 is 4.79 Å². The first-order chi connectivity index (χ1) is 8.61. The Bertz CT molecular complexity index is 627. The second-order valence-electron chi connectivity index (χ2n) is 3.99. The summed E-state index contributed by atoms with van der Waals surface area (Å²) in [5.74, 6) is 4.73. The molecule has 1 amide bonds. The minimum Gasteiger partial charge on any atom is -0.302 e. The smallest absolute Gasteiger partial charge is 0.302 e. The number of amides is 1. The van der Waals surface area contributed by atoms with E-state index in [0.29, 0.717) is 12.1 Å². The molecule has 3 N–H and O–H groups in total. The topological polar surface area (TPSA) is 82.1 Å². The lowest BCUT2D eigenvalue weighted by atomic mass is 10.1. The molecule has 1 aromatic carbocycles. The summed E-state index contributed by atoms with van der Waals surface area (Å²) >= 11 is 0. The predicted molar refractivity (Wildman–Crippen MR) is 66.9 cm³/mol. The van der Waals surface area contributed by atoms with E-state index in [-0.39, 0.29) is 11.6 Å². The first-order valence-electron chi connectivity index (χ1n) is 5.43. The molecule has 0 saturated carbocycles. The molecule has 18 heavy (non-hydrogen) atoms. The zero-order valence-corrected chi connectivity index (χ0v) is 9.96. The van der Waals surface area contributed by atoms with Crippen molar-refractivity contribution >= 4 is 5.91 Å². The molecule has 6 nitrogen and oxygen atoms in total. The molecule has 0 bridgehead atoms. The summed E-state index contributed by atoms with van der Waals surface area (Å²) in [5, 5.41) is 0. The van der Waals surface area contributed by atoms with E-state index in [1.54, 1.807) is 42.2 Å². The van der Waals surface area contributed by atoms with Crippen molar-refractivity contribution in [2.24, 2.45) is 12.9 Å². The van der Waals surface area contributed by atoms with Crippen LogP contribution in [-0.4, -0.2) is 15.0 Å². The second kappa shape index (κ2) is 4.89. The van der Waals surface area contributed by atoms with Gasteiger partial charge in [0.1, 0.15) is 0 Å². The van der Waals surface area contributed by atoms with Gasteiger partial charge in [0.2, 0.25) is 0 Å². The number of rotatable bonds is 3. The summed E-state index contributed by atoms with van der Waals surface area (Å²) in [6.45, 7) is 0.422. The number of carbonyl (C=O) groups excluding carboxylic acids is 1. The van der Waals surface area contributed by atoms with Crippen LogP contribution >= 0.6 is 0 Å². The third-order valence-corrected chi connectivity index (χ3v) is 2.69. The van der Waals surface area contributed by atoms with Crippen LogP contribution in [0, 0.1) is 0 Å². The fraction of sp³-hybridized carbons (Fsp3) is 0.167. The molecular weight excluding hydrogens is 232 g/mol. The number of hydrazine groups is 1. The molecule has 0 fully saturated rings. The molecule has 0 aliphatic heterocycles. The van der Waals surface area contributed by atoms with E-state index in [0.717, 1.165) is 5.56 Å². The van der Waals surface area contributed by atoms with Gasteiger partial charge in [-0.2, -0.15) is 0 Å². The Labute approximate surface area is 104 Å². The van der Waals surface area contributed by atoms with Crippen LogP contribution in [0.15, 0.2) is 41.5 Å². The number of nitrogens with zero attached hydrogens (tertiary/aromatic N) is 2. The van der Waals surface area contributed by atoms with Crippen LogP contribution in [0.3, 0.4) is 0 Å². The Morgan fingerprint density at radius 3 is 2.78 bits per heavy atom. The number of aromatic nitrogens is 2. The predicted octanol–water partition coefficient (Wildman–Crippen LogP) is -0.161. The number of nitrogens with one attached hydrogen (secondary N) is 1. The zero-order chi connectivity index (χ0) is 13.1. The van der Waals surface area contributed by atoms with Gasteiger partial charge in [0.05, 0.1) is 6.54 Å². The van der Waals surface area contributed by atoms with Crippen molar-refractivity contribution in [1.82, 2.24) is 14.6 Å². The lowest BCUT2D eigenvalue weighted by Gasteiger charge is -2.04. The SMILES string of the molecule is Cn1ccn(Cc2cccc(C(=O)NN)c2)c1=O. The van der Waals surface area contributed by atoms with Crippen LogP contribution < -0.4 is 17.0 Å². The summed E-state index contributed by atoms with van der Waals surface area (Å²) in [7, 11) is 1.69. The van der Waals surface area contributed by atoms with Crippen LogP contribution in [0.5, 0.6) is 0 Å². The molecule has 0 unspecified atom stereocenters. The molecule has 2 aromatic rings. The van der Waals surface area contributed by atoms with Crippen LogP contribution in [0.25, 0.3) is 0 Å². The molecule has 1 heterocycles. The molecule has 6 heteroatoms. The molecule has 0 atom stereocenters. The Morgan fingerprint density at radius 2 is 2.17 bits per heavy atom. The van der Waals surface area contributed by atoms with Crippen molar-refractivity contribution in [3.05, 3.63) is 58.3 Å². The van der Waals surface area contributed by atoms with Crippen molar-refractivity contribution in [2.75, 3.05) is 0 Å². The third kappa shape index (κ3) is 2.33. The van der Waals surface area contributed by atoms with Gasteiger partial charge in [0.25, 0.3) is 5.91 Å². The monoisotopic (exact) mass is 246 g/mol. The Kier molecular flexibility index (Phi) is 3.29. The summed E-state index contributed by atoms with van der Waals surface area (Å²) in [6, 6.07) is 6.99. The first kappa shape index (κ1) is 12.1. The number of hydrogen-bond donors (Lipinski definition) is 2. The van der Waals surface area contributed by atoms with E-state index in [1.165, 1.54) is 4.57 Å². The molecule has 2 rings (SSSR count). The van der Waals surface area contributed by atoms with Crippen molar-refractivity contribution in [1.29, 1.82) is 0 Å². The van der Waals surface area contributed by atoms with E-state index in [2.05, 4.69) is 5.43 Å². The Hall–Kier alpha value is -2.34. The summed E-state index contributed by atoms with van der Waals surface area (Å²) in [5.41, 5.74) is 3.32. The Balaban J connectivity index is 2.27. The fourth-order valence-electron chi connectivity index (χ4n) is 1.72. The highest BCUT2D eigenvalue weighted by Gasteiger charge is 2.05. The van der Waals surface area contributed by atoms with Gasteiger partial charge in [0, 0.05) is 25.0 Å². The lowest BCUT2D eigenvalue weighted by molar-refractivity contribution is 0.0953. The van der Waals surface area contributed by atoms with Gasteiger partial charge in [0.15, 0.2) is 0 Å². The van der Waals surface area contributed by atoms with Crippen molar-refractivity contribution in [3.63, 3.8) is 0 Å². The number of hydrogen-bond acceptors (Lipinski definition) is 3. The average molecular weight is 246 g/mol. The van der Waals surface area contributed by atoms with Gasteiger partial charge >= 0.3 is 5.69 Å². The van der Waals surface area contributed by atoms with E-state index >= 15 is 0 Å². The average Bonchev–Trinajstić information content (AvgIpc) is 2.70. The zero-order valence-electron chi connectivity index (χ0n) is 9.96. The highest BCUT2D eigenvalue weighted by molar-refractivity contribution is 5.93. The highest BCUT2D eigenvalue weighted by Crippen LogP contribution is 2.06. The maximum atomic E-state index is 11.7. The first-order valence-corrected chi connectivity index (χ1v) is 5.43. The lowest BCUT2D eigenvalue weighted by Crippen LogP contribution is -2.30. The van der Waals surface area contributed by atoms with E-state index in [4.69, 9.17) is 5.84 Å². The third-order valence-electron chi connectivity index (χ3n) is 2.69. The van der Waals surface area contributed by atoms with Gasteiger partial charge in [-0.3, -0.25) is 14.8 Å². The molecule has 0 aliphatic rings. The summed E-state index contributed by atoms with van der Waals surface area (Å²) in [4.78, 5) is 23.1. The van der Waals surface area contributed by atoms with E-state index < -0.39 is 0 Å². The van der Waals surface area contributed by atoms with Crippen LogP contribution in [0.2, 0.25) is 0 Å². The van der Waals surface area contributed by atoms with Crippen molar-refractivity contribution in [2.45, 2.75) is 6.54 Å². The van der Waals surface area contributed by atoms with E-state index in [9.17, 15) is 9.59 Å². The number of aryl methyl sites for hydroxylation is 1. The number of imidazole rings is 1. The molecular formula is C12H14N4O2. The summed E-state index contributed by atoms with van der Waals surface area (Å²) in [6.07, 6.45) is 3.40. The van der Waals surface area contributed by atoms with Gasteiger partial charge in [-0.25, -0.2) is 10.6 Å². The normalized spacial score (nSPS) is 10.3. The molecule has 0 aliphatic carbocycles. The molecule has 0 radical (unpaired) electrons. The number of nitrogens with two attached hydrogens (primary N) is 1. The highest BCUT2D eigenvalue weighted by atomic mass is 16.2. The molecule has 0 saturated heterocycles. The quantitative estimate of drug-likeness (QED) is 0.448. The van der Waals surface area contributed by atoms with Crippen LogP contribution in [0.4, 0.5) is 0 Å². The largest absolute Gasteiger partial charge is 0.328 e. The van der Waals surface area contributed by atoms with Gasteiger partial charge in [-0.15, -0.1) is 0 Å². The Morgan fingerprint density at radius 1 is 1.39 bits per heavy atom. The van der Waals surface area contributed by atoms with E-state index in [1.807, 2.05) is 6.07 Å². The number of nitrogen functional groups attached to an aromatic ring is 1. The second-order valence-corrected chi connectivity index (χ2v) is 3.99. The van der Waals surface area contributed by atoms with Crippen molar-refractivity contribution in [3.8, 4) is 0 Å². The maximum absolute atomic E-state index is 11.7. The maximum Gasteiger partial charge on any atom is 0.328 e. The molecule has 94 valence electrons. The van der Waals surface area contributed by atoms with Gasteiger partial charge < -0.3 is 4.57 Å². The standard InChI is InChI=1S/C12H14N4O2/c1-15-5-6-16(12(15)18)8-9-3-2-4-10(7-9)11(17)14-13/h2-7H,8,13H2,1H3,(H,14,17). The molecule has 1 aromatic heterocycles. The minimum absolute atomic E-state index is 0.0938. The van der Waals surface area contributed by atoms with Gasteiger partial charge in [-0.1, -0.05) is 12.1 Å². The summed E-state index contributed by atoms with van der Waals surface area (Å²) < 4.78 is 3.07. The van der Waals surface area contributed by atoms with Gasteiger partial charge in [-0.05, 0) is 17.7 Å². The minimum atomic E-state index is -0.350.